The molecule has 0 bridgehead atoms. The van der Waals surface area contributed by atoms with Crippen LogP contribution in [-0.2, 0) is 11.3 Å². The van der Waals surface area contributed by atoms with Gasteiger partial charge >= 0.3 is 0 Å². The zero-order valence-corrected chi connectivity index (χ0v) is 14.9. The van der Waals surface area contributed by atoms with Gasteiger partial charge < -0.3 is 9.88 Å². The minimum Gasteiger partial charge on any atom is -0.325 e. The summed E-state index contributed by atoms with van der Waals surface area (Å²) in [5.41, 5.74) is 2.38. The van der Waals surface area contributed by atoms with E-state index in [1.165, 1.54) is 9.08 Å². The predicted molar refractivity (Wildman–Crippen MR) is 105 cm³/mol. The molecule has 0 unspecified atom stereocenters. The van der Waals surface area contributed by atoms with Crippen molar-refractivity contribution < 1.29 is 4.79 Å². The first kappa shape index (κ1) is 17.1. The van der Waals surface area contributed by atoms with Gasteiger partial charge in [0.05, 0.1) is 5.69 Å². The van der Waals surface area contributed by atoms with E-state index in [-0.39, 0.29) is 18.0 Å². The van der Waals surface area contributed by atoms with Crippen molar-refractivity contribution >= 4 is 28.7 Å². The summed E-state index contributed by atoms with van der Waals surface area (Å²) in [5.74, 6) is -0.299. The number of amides is 1. The fraction of sp³-hybridized carbons (Fsp3) is 0.0500. The Kier molecular flexibility index (Phi) is 4.48. The summed E-state index contributed by atoms with van der Waals surface area (Å²) in [6.07, 6.45) is 3.22. The monoisotopic (exact) mass is 378 g/mol. The summed E-state index contributed by atoms with van der Waals surface area (Å²) < 4.78 is 2.88. The van der Waals surface area contributed by atoms with Gasteiger partial charge in [-0.25, -0.2) is 4.52 Å². The molecule has 0 spiro atoms. The lowest BCUT2D eigenvalue weighted by molar-refractivity contribution is -0.116. The fourth-order valence-corrected chi connectivity index (χ4v) is 2.92. The van der Waals surface area contributed by atoms with E-state index in [9.17, 15) is 9.59 Å². The number of aromatic nitrogens is 3. The fourth-order valence-electron chi connectivity index (χ4n) is 2.79. The van der Waals surface area contributed by atoms with Crippen LogP contribution in [0, 0.1) is 0 Å². The molecule has 4 aromatic rings. The molecule has 134 valence electrons. The van der Waals surface area contributed by atoms with E-state index in [1.54, 1.807) is 42.7 Å². The van der Waals surface area contributed by atoms with Gasteiger partial charge in [0.15, 0.2) is 0 Å². The van der Waals surface area contributed by atoms with Crippen LogP contribution in [0.2, 0.25) is 5.02 Å². The van der Waals surface area contributed by atoms with E-state index in [0.717, 1.165) is 5.56 Å². The summed E-state index contributed by atoms with van der Waals surface area (Å²) in [6.45, 7) is -0.0934. The molecule has 0 aliphatic carbocycles. The largest absolute Gasteiger partial charge is 0.325 e. The number of carbonyl (C=O) groups excluding carboxylic acids is 1. The Morgan fingerprint density at radius 3 is 2.52 bits per heavy atom. The van der Waals surface area contributed by atoms with E-state index in [4.69, 9.17) is 11.6 Å². The number of hydrogen-bond acceptors (Lipinski definition) is 3. The molecular weight excluding hydrogens is 364 g/mol. The van der Waals surface area contributed by atoms with Crippen LogP contribution in [0.15, 0.2) is 77.9 Å². The number of rotatable bonds is 4. The first-order valence-electron chi connectivity index (χ1n) is 8.30. The molecule has 0 saturated carbocycles. The molecule has 7 heteroatoms. The van der Waals surface area contributed by atoms with Crippen LogP contribution >= 0.6 is 11.6 Å². The minimum absolute atomic E-state index is 0.0934. The van der Waals surface area contributed by atoms with Gasteiger partial charge in [-0.1, -0.05) is 41.9 Å². The van der Waals surface area contributed by atoms with Gasteiger partial charge in [0.25, 0.3) is 5.56 Å². The molecule has 2 aromatic carbocycles. The number of carbonyl (C=O) groups is 1. The number of benzene rings is 2. The predicted octanol–water partition coefficient (Wildman–Crippen LogP) is 3.46. The first-order valence-corrected chi connectivity index (χ1v) is 8.67. The molecule has 6 nitrogen and oxygen atoms in total. The summed E-state index contributed by atoms with van der Waals surface area (Å²) >= 11 is 5.83. The highest BCUT2D eigenvalue weighted by atomic mass is 35.5. The molecule has 0 aliphatic heterocycles. The third kappa shape index (κ3) is 3.61. The molecule has 0 atom stereocenters. The summed E-state index contributed by atoms with van der Waals surface area (Å²) in [7, 11) is 0. The van der Waals surface area contributed by atoms with Gasteiger partial charge in [0.2, 0.25) is 5.91 Å². The Bertz CT molecular complexity index is 1160. The van der Waals surface area contributed by atoms with Crippen LogP contribution < -0.4 is 10.9 Å². The summed E-state index contributed by atoms with van der Waals surface area (Å²) in [6, 6.07) is 18.1. The lowest BCUT2D eigenvalue weighted by atomic mass is 10.1. The van der Waals surface area contributed by atoms with Gasteiger partial charge in [-0.2, -0.15) is 5.10 Å². The van der Waals surface area contributed by atoms with Crippen molar-refractivity contribution in [3.05, 3.63) is 88.4 Å². The standard InChI is InChI=1S/C20H15ClN4O2/c21-15-6-8-16(9-7-15)22-19(26)13-24-10-11-25-18(20(24)27)12-17(23-25)14-4-2-1-3-5-14/h1-12H,13H2,(H,22,26). The molecule has 1 amide bonds. The van der Waals surface area contributed by atoms with Crippen molar-refractivity contribution in [1.82, 2.24) is 14.2 Å². The second kappa shape index (κ2) is 7.09. The van der Waals surface area contributed by atoms with Crippen LogP contribution in [-0.4, -0.2) is 20.1 Å². The van der Waals surface area contributed by atoms with Crippen LogP contribution in [0.4, 0.5) is 5.69 Å². The van der Waals surface area contributed by atoms with E-state index in [0.29, 0.717) is 21.9 Å². The van der Waals surface area contributed by atoms with E-state index >= 15 is 0 Å². The van der Waals surface area contributed by atoms with Crippen LogP contribution in [0.25, 0.3) is 16.8 Å². The Balaban J connectivity index is 1.59. The maximum atomic E-state index is 12.7. The number of hydrogen-bond donors (Lipinski definition) is 1. The number of nitrogens with zero attached hydrogens (tertiary/aromatic N) is 3. The lowest BCUT2D eigenvalue weighted by Crippen LogP contribution is -2.28. The minimum atomic E-state index is -0.299. The molecule has 0 radical (unpaired) electrons. The average Bonchev–Trinajstić information content (AvgIpc) is 3.12. The SMILES string of the molecule is O=C(Cn1ccn2nc(-c3ccccc3)cc2c1=O)Nc1ccc(Cl)cc1. The van der Waals surface area contributed by atoms with Gasteiger partial charge in [-0.05, 0) is 30.3 Å². The van der Waals surface area contributed by atoms with Gasteiger partial charge in [-0.15, -0.1) is 0 Å². The smallest absolute Gasteiger partial charge is 0.277 e. The second-order valence-electron chi connectivity index (χ2n) is 6.01. The van der Waals surface area contributed by atoms with Crippen LogP contribution in [0.5, 0.6) is 0 Å². The molecule has 27 heavy (non-hydrogen) atoms. The average molecular weight is 379 g/mol. The topological polar surface area (TPSA) is 68.4 Å². The maximum Gasteiger partial charge on any atom is 0.277 e. The maximum absolute atomic E-state index is 12.7. The highest BCUT2D eigenvalue weighted by Crippen LogP contribution is 2.17. The molecule has 0 saturated heterocycles. The summed E-state index contributed by atoms with van der Waals surface area (Å²) in [4.78, 5) is 25.0. The number of nitrogens with one attached hydrogen (secondary N) is 1. The number of fused-ring (bicyclic) bond motifs is 1. The molecule has 2 aromatic heterocycles. The van der Waals surface area contributed by atoms with Crippen molar-refractivity contribution in [3.63, 3.8) is 0 Å². The van der Waals surface area contributed by atoms with Crippen molar-refractivity contribution in [2.75, 3.05) is 5.32 Å². The van der Waals surface area contributed by atoms with Crippen LogP contribution in [0.1, 0.15) is 0 Å². The normalized spacial score (nSPS) is 10.9. The van der Waals surface area contributed by atoms with Crippen molar-refractivity contribution in [1.29, 1.82) is 0 Å². The highest BCUT2D eigenvalue weighted by Gasteiger charge is 2.11. The van der Waals surface area contributed by atoms with Crippen molar-refractivity contribution in [3.8, 4) is 11.3 Å². The lowest BCUT2D eigenvalue weighted by Gasteiger charge is -2.07. The Hall–Kier alpha value is -3.38. The van der Waals surface area contributed by atoms with Gasteiger partial charge in [0.1, 0.15) is 12.1 Å². The number of anilines is 1. The zero-order chi connectivity index (χ0) is 18.8. The van der Waals surface area contributed by atoms with E-state index in [1.807, 2.05) is 30.3 Å². The molecule has 4 rings (SSSR count). The second-order valence-corrected chi connectivity index (χ2v) is 6.45. The molecule has 2 heterocycles. The van der Waals surface area contributed by atoms with E-state index < -0.39 is 0 Å². The van der Waals surface area contributed by atoms with Gasteiger partial charge in [-0.3, -0.25) is 9.59 Å². The van der Waals surface area contributed by atoms with E-state index in [2.05, 4.69) is 10.4 Å². The molecule has 0 fully saturated rings. The third-order valence-electron chi connectivity index (χ3n) is 4.12. The number of halogens is 1. The summed E-state index contributed by atoms with van der Waals surface area (Å²) in [5, 5.41) is 7.76. The Labute approximate surface area is 159 Å². The van der Waals surface area contributed by atoms with Crippen LogP contribution in [0.3, 0.4) is 0 Å². The molecular formula is C20H15ClN4O2. The Morgan fingerprint density at radius 2 is 1.78 bits per heavy atom. The van der Waals surface area contributed by atoms with Gasteiger partial charge in [0, 0.05) is 28.7 Å². The highest BCUT2D eigenvalue weighted by molar-refractivity contribution is 6.30. The first-order chi connectivity index (χ1) is 13.1. The van der Waals surface area contributed by atoms with Crippen molar-refractivity contribution in [2.45, 2.75) is 6.54 Å². The zero-order valence-electron chi connectivity index (χ0n) is 14.2. The molecule has 1 N–H and O–H groups in total. The Morgan fingerprint density at radius 1 is 1.04 bits per heavy atom. The van der Waals surface area contributed by atoms with Crippen molar-refractivity contribution in [2.24, 2.45) is 0 Å². The third-order valence-corrected chi connectivity index (χ3v) is 4.37. The molecule has 0 aliphatic rings. The quantitative estimate of drug-likeness (QED) is 0.591.